The Morgan fingerprint density at radius 1 is 1.00 bits per heavy atom. The topological polar surface area (TPSA) is 133 Å². The molecule has 4 rings (SSSR count). The Labute approximate surface area is 228 Å². The molecule has 13 heteroatoms. The minimum absolute atomic E-state index is 0.0948. The number of carbonyl (C=O) groups is 2. The van der Waals surface area contributed by atoms with Crippen molar-refractivity contribution in [2.45, 2.75) is 32.5 Å². The Hall–Kier alpha value is -3.97. The zero-order chi connectivity index (χ0) is 27.2. The molecule has 0 bridgehead atoms. The van der Waals surface area contributed by atoms with Crippen LogP contribution in [0.25, 0.3) is 5.69 Å². The number of benzene rings is 2. The first kappa shape index (κ1) is 27.1. The van der Waals surface area contributed by atoms with E-state index in [-0.39, 0.29) is 24.1 Å². The van der Waals surface area contributed by atoms with Gasteiger partial charge in [-0.05, 0) is 50.1 Å². The van der Waals surface area contributed by atoms with E-state index in [0.717, 1.165) is 21.8 Å². The summed E-state index contributed by atoms with van der Waals surface area (Å²) in [5, 5.41) is 23.9. The fraction of sp³-hybridized carbons (Fsp3) is 0.280. The predicted molar refractivity (Wildman–Crippen MR) is 146 cm³/mol. The first-order chi connectivity index (χ1) is 18.3. The highest BCUT2D eigenvalue weighted by atomic mass is 32.2. The van der Waals surface area contributed by atoms with Crippen molar-refractivity contribution >= 4 is 40.0 Å². The van der Waals surface area contributed by atoms with Crippen molar-refractivity contribution in [2.75, 3.05) is 25.3 Å². The van der Waals surface area contributed by atoms with Crippen LogP contribution in [0.3, 0.4) is 0 Å². The summed E-state index contributed by atoms with van der Waals surface area (Å²) in [6.45, 7) is 5.95. The van der Waals surface area contributed by atoms with E-state index in [2.05, 4.69) is 31.0 Å². The molecule has 2 aromatic carbocycles. The Balaban J connectivity index is 1.56. The Kier molecular flexibility index (Phi) is 8.59. The molecule has 0 atom stereocenters. The molecular weight excluding hydrogens is 526 g/mol. The normalized spacial score (nSPS) is 10.8. The Morgan fingerprint density at radius 2 is 1.74 bits per heavy atom. The fourth-order valence-corrected chi connectivity index (χ4v) is 4.93. The van der Waals surface area contributed by atoms with Gasteiger partial charge < -0.3 is 14.8 Å². The van der Waals surface area contributed by atoms with E-state index in [1.165, 1.54) is 37.3 Å². The number of thioether (sulfide) groups is 1. The summed E-state index contributed by atoms with van der Waals surface area (Å²) < 4.78 is 12.4. The quantitative estimate of drug-likeness (QED) is 0.282. The average molecular weight is 554 g/mol. The van der Waals surface area contributed by atoms with E-state index >= 15 is 0 Å². The lowest BCUT2D eigenvalue weighted by Crippen LogP contribution is -2.25. The van der Waals surface area contributed by atoms with E-state index in [1.54, 1.807) is 18.2 Å². The number of nitrogens with one attached hydrogen (secondary N) is 2. The number of hydrogen-bond acceptors (Lipinski definition) is 10. The van der Waals surface area contributed by atoms with Gasteiger partial charge in [0.15, 0.2) is 11.0 Å². The summed E-state index contributed by atoms with van der Waals surface area (Å²) in [5.41, 5.74) is 3.38. The molecule has 2 N–H and O–H groups in total. The molecule has 11 nitrogen and oxygen atoms in total. The van der Waals surface area contributed by atoms with Crippen LogP contribution in [-0.2, 0) is 11.3 Å². The molecule has 0 aliphatic rings. The van der Waals surface area contributed by atoms with Crippen LogP contribution in [0.15, 0.2) is 41.6 Å². The molecule has 0 saturated carbocycles. The van der Waals surface area contributed by atoms with Gasteiger partial charge in [-0.1, -0.05) is 35.2 Å². The van der Waals surface area contributed by atoms with Gasteiger partial charge in [0.05, 0.1) is 32.2 Å². The summed E-state index contributed by atoms with van der Waals surface area (Å²) in [6.07, 6.45) is 0. The molecule has 2 aromatic heterocycles. The van der Waals surface area contributed by atoms with Crippen LogP contribution in [0.5, 0.6) is 11.5 Å². The second kappa shape index (κ2) is 12.0. The van der Waals surface area contributed by atoms with E-state index in [9.17, 15) is 9.59 Å². The number of nitrogens with zero attached hydrogens (tertiary/aromatic N) is 5. The molecule has 198 valence electrons. The maximum atomic E-state index is 13.0. The molecule has 0 saturated heterocycles. The number of aryl methyl sites for hydroxylation is 2. The lowest BCUT2D eigenvalue weighted by Gasteiger charge is -2.15. The van der Waals surface area contributed by atoms with Gasteiger partial charge in [0.25, 0.3) is 5.91 Å². The highest BCUT2D eigenvalue weighted by Gasteiger charge is 2.19. The minimum atomic E-state index is -0.321. The lowest BCUT2D eigenvalue weighted by atomic mass is 10.1. The summed E-state index contributed by atoms with van der Waals surface area (Å²) >= 11 is 2.54. The number of anilines is 1. The Morgan fingerprint density at radius 3 is 2.39 bits per heavy atom. The molecule has 0 aliphatic heterocycles. The molecule has 0 fully saturated rings. The predicted octanol–water partition coefficient (Wildman–Crippen LogP) is 3.72. The molecule has 2 amide bonds. The number of aromatic nitrogens is 5. The maximum absolute atomic E-state index is 13.0. The van der Waals surface area contributed by atoms with E-state index < -0.39 is 0 Å². The average Bonchev–Trinajstić information content (AvgIpc) is 3.52. The SMILES string of the molecule is COc1cc(OC)cc(C(=O)NCc2nnc(SCC(=O)Nc3nnc(C)s3)n2-c2cccc(C)c2C)c1. The van der Waals surface area contributed by atoms with Crippen molar-refractivity contribution < 1.29 is 19.1 Å². The lowest BCUT2D eigenvalue weighted by molar-refractivity contribution is -0.113. The molecule has 0 spiro atoms. The van der Waals surface area contributed by atoms with Gasteiger partial charge in [0.1, 0.15) is 16.5 Å². The number of amides is 2. The molecule has 38 heavy (non-hydrogen) atoms. The van der Waals surface area contributed by atoms with E-state index in [0.29, 0.717) is 33.2 Å². The van der Waals surface area contributed by atoms with Crippen LogP contribution in [0.4, 0.5) is 5.13 Å². The fourth-order valence-electron chi connectivity index (χ4n) is 3.56. The van der Waals surface area contributed by atoms with Gasteiger partial charge in [-0.25, -0.2) is 0 Å². The van der Waals surface area contributed by atoms with Crippen molar-refractivity contribution in [3.05, 3.63) is 63.9 Å². The first-order valence-corrected chi connectivity index (χ1v) is 13.3. The largest absolute Gasteiger partial charge is 0.497 e. The zero-order valence-corrected chi connectivity index (χ0v) is 23.2. The molecular formula is C25H27N7O4S2. The van der Waals surface area contributed by atoms with Crippen LogP contribution < -0.4 is 20.1 Å². The zero-order valence-electron chi connectivity index (χ0n) is 21.6. The standard InChI is InChI=1S/C25H27N7O4S2/c1-14-7-6-8-20(15(14)2)32-21(12-26-23(34)17-9-18(35-4)11-19(10-17)36-5)29-31-25(32)37-13-22(33)27-24-30-28-16(3)38-24/h6-11H,12-13H2,1-5H3,(H,26,34)(H,27,30,33). The number of hydrogen-bond donors (Lipinski definition) is 2. The van der Waals surface area contributed by atoms with Gasteiger partial charge in [0, 0.05) is 11.6 Å². The summed E-state index contributed by atoms with van der Waals surface area (Å²) in [7, 11) is 3.05. The minimum Gasteiger partial charge on any atom is -0.497 e. The number of carbonyl (C=O) groups excluding carboxylic acids is 2. The third-order valence-electron chi connectivity index (χ3n) is 5.64. The van der Waals surface area contributed by atoms with Crippen molar-refractivity contribution in [1.82, 2.24) is 30.3 Å². The van der Waals surface area contributed by atoms with Crippen molar-refractivity contribution in [3.63, 3.8) is 0 Å². The van der Waals surface area contributed by atoms with Crippen LogP contribution in [0, 0.1) is 20.8 Å². The number of ether oxygens (including phenoxy) is 2. The van der Waals surface area contributed by atoms with Crippen LogP contribution in [0.2, 0.25) is 0 Å². The van der Waals surface area contributed by atoms with Crippen LogP contribution >= 0.6 is 23.1 Å². The Bertz CT molecular complexity index is 1450. The van der Waals surface area contributed by atoms with E-state index in [4.69, 9.17) is 9.47 Å². The molecule has 0 unspecified atom stereocenters. The van der Waals surface area contributed by atoms with Gasteiger partial charge in [0.2, 0.25) is 11.0 Å². The molecule has 0 aliphatic carbocycles. The summed E-state index contributed by atoms with van der Waals surface area (Å²) in [5.74, 6) is 1.08. The van der Waals surface area contributed by atoms with Gasteiger partial charge in [-0.3, -0.25) is 19.5 Å². The van der Waals surface area contributed by atoms with Crippen molar-refractivity contribution in [2.24, 2.45) is 0 Å². The first-order valence-electron chi connectivity index (χ1n) is 11.5. The second-order valence-corrected chi connectivity index (χ2v) is 10.3. The highest BCUT2D eigenvalue weighted by Crippen LogP contribution is 2.27. The van der Waals surface area contributed by atoms with Crippen LogP contribution in [-0.4, -0.2) is 56.7 Å². The maximum Gasteiger partial charge on any atom is 0.251 e. The number of rotatable bonds is 10. The third kappa shape index (κ3) is 6.29. The molecule has 2 heterocycles. The van der Waals surface area contributed by atoms with Crippen molar-refractivity contribution in [1.29, 1.82) is 0 Å². The van der Waals surface area contributed by atoms with Crippen molar-refractivity contribution in [3.8, 4) is 17.2 Å². The summed E-state index contributed by atoms with van der Waals surface area (Å²) in [6, 6.07) is 10.9. The van der Waals surface area contributed by atoms with Crippen LogP contribution in [0.1, 0.15) is 32.3 Å². The van der Waals surface area contributed by atoms with Gasteiger partial charge in [-0.15, -0.1) is 20.4 Å². The second-order valence-electron chi connectivity index (χ2n) is 8.20. The monoisotopic (exact) mass is 553 g/mol. The van der Waals surface area contributed by atoms with Gasteiger partial charge >= 0.3 is 0 Å². The third-order valence-corrected chi connectivity index (χ3v) is 7.33. The summed E-state index contributed by atoms with van der Waals surface area (Å²) in [4.78, 5) is 25.5. The molecule has 0 radical (unpaired) electrons. The molecule has 4 aromatic rings. The van der Waals surface area contributed by atoms with E-state index in [1.807, 2.05) is 43.5 Å². The number of methoxy groups -OCH3 is 2. The van der Waals surface area contributed by atoms with Gasteiger partial charge in [-0.2, -0.15) is 0 Å². The smallest absolute Gasteiger partial charge is 0.251 e. The highest BCUT2D eigenvalue weighted by molar-refractivity contribution is 7.99.